The summed E-state index contributed by atoms with van der Waals surface area (Å²) >= 11 is 0. The number of carbonyl (C=O) groups is 2. The molecule has 0 saturated heterocycles. The van der Waals surface area contributed by atoms with Crippen LogP contribution in [-0.2, 0) is 9.59 Å². The van der Waals surface area contributed by atoms with Crippen molar-refractivity contribution in [1.82, 2.24) is 4.90 Å². The van der Waals surface area contributed by atoms with Gasteiger partial charge in [-0.1, -0.05) is 13.8 Å². The minimum Gasteiger partial charge on any atom is -0.480 e. The summed E-state index contributed by atoms with van der Waals surface area (Å²) in [6, 6.07) is -0.0624. The predicted molar refractivity (Wildman–Crippen MR) is 53.9 cm³/mol. The van der Waals surface area contributed by atoms with Crippen LogP contribution in [0.2, 0.25) is 0 Å². The molecule has 0 aromatic rings. The third kappa shape index (κ3) is 3.77. The van der Waals surface area contributed by atoms with E-state index in [1.54, 1.807) is 0 Å². The van der Waals surface area contributed by atoms with E-state index in [1.165, 1.54) is 4.90 Å². The quantitative estimate of drug-likeness (QED) is 0.730. The lowest BCUT2D eigenvalue weighted by Gasteiger charge is -2.27. The number of rotatable bonds is 5. The molecule has 4 nitrogen and oxygen atoms in total. The lowest BCUT2D eigenvalue weighted by Crippen LogP contribution is -2.43. The minimum atomic E-state index is -0.963. The van der Waals surface area contributed by atoms with Crippen LogP contribution in [0.3, 0.4) is 0 Å². The molecule has 0 fully saturated rings. The number of amides is 1. The van der Waals surface area contributed by atoms with Crippen molar-refractivity contribution in [2.75, 3.05) is 6.54 Å². The average Bonchev–Trinajstić information content (AvgIpc) is 2.11. The summed E-state index contributed by atoms with van der Waals surface area (Å²) in [5.41, 5.74) is 0. The molecule has 0 aromatic carbocycles. The van der Waals surface area contributed by atoms with E-state index in [-0.39, 0.29) is 24.4 Å². The summed E-state index contributed by atoms with van der Waals surface area (Å²) in [7, 11) is 0. The Morgan fingerprint density at radius 2 is 1.79 bits per heavy atom. The lowest BCUT2D eigenvalue weighted by atomic mass is 10.1. The molecule has 0 aliphatic carbocycles. The largest absolute Gasteiger partial charge is 0.480 e. The van der Waals surface area contributed by atoms with E-state index < -0.39 is 5.97 Å². The van der Waals surface area contributed by atoms with Crippen molar-refractivity contribution in [3.05, 3.63) is 0 Å². The van der Waals surface area contributed by atoms with Gasteiger partial charge in [0.15, 0.2) is 0 Å². The zero-order valence-corrected chi connectivity index (χ0v) is 9.28. The number of aliphatic carboxylic acids is 1. The monoisotopic (exact) mass is 201 g/mol. The first kappa shape index (κ1) is 12.9. The number of carbonyl (C=O) groups excluding carboxylic acids is 1. The fourth-order valence-electron chi connectivity index (χ4n) is 1.12. The predicted octanol–water partition coefficient (Wildman–Crippen LogP) is 1.35. The first-order valence-electron chi connectivity index (χ1n) is 4.92. The molecule has 0 saturated carbocycles. The maximum absolute atomic E-state index is 11.7. The molecule has 82 valence electrons. The first-order chi connectivity index (χ1) is 6.40. The highest BCUT2D eigenvalue weighted by molar-refractivity contribution is 5.83. The van der Waals surface area contributed by atoms with Gasteiger partial charge in [0.1, 0.15) is 6.54 Å². The highest BCUT2D eigenvalue weighted by atomic mass is 16.4. The second-order valence-corrected chi connectivity index (χ2v) is 3.76. The van der Waals surface area contributed by atoms with E-state index >= 15 is 0 Å². The van der Waals surface area contributed by atoms with Crippen LogP contribution in [0.5, 0.6) is 0 Å². The van der Waals surface area contributed by atoms with Crippen molar-refractivity contribution in [3.8, 4) is 0 Å². The van der Waals surface area contributed by atoms with Crippen molar-refractivity contribution in [3.63, 3.8) is 0 Å². The Morgan fingerprint density at radius 1 is 1.29 bits per heavy atom. The number of nitrogens with zero attached hydrogens (tertiary/aromatic N) is 1. The van der Waals surface area contributed by atoms with Crippen molar-refractivity contribution in [2.45, 2.75) is 40.2 Å². The molecule has 0 aliphatic rings. The second kappa shape index (κ2) is 5.62. The second-order valence-electron chi connectivity index (χ2n) is 3.76. The maximum Gasteiger partial charge on any atom is 0.323 e. The molecule has 0 aliphatic heterocycles. The fourth-order valence-corrected chi connectivity index (χ4v) is 1.12. The van der Waals surface area contributed by atoms with Crippen LogP contribution in [0.1, 0.15) is 34.1 Å². The van der Waals surface area contributed by atoms with E-state index in [0.29, 0.717) is 0 Å². The zero-order valence-electron chi connectivity index (χ0n) is 9.28. The van der Waals surface area contributed by atoms with E-state index in [1.807, 2.05) is 27.7 Å². The molecular formula is C10H19NO3. The minimum absolute atomic E-state index is 0.0624. The van der Waals surface area contributed by atoms with E-state index in [2.05, 4.69) is 0 Å². The summed E-state index contributed by atoms with van der Waals surface area (Å²) in [4.78, 5) is 23.6. The van der Waals surface area contributed by atoms with E-state index in [0.717, 1.165) is 6.42 Å². The Labute approximate surface area is 84.9 Å². The molecule has 14 heavy (non-hydrogen) atoms. The Bertz CT molecular complexity index is 213. The Hall–Kier alpha value is -1.06. The number of hydrogen-bond donors (Lipinski definition) is 1. The normalized spacial score (nSPS) is 12.6. The summed E-state index contributed by atoms with van der Waals surface area (Å²) in [6.45, 7) is 7.18. The molecule has 0 bridgehead atoms. The number of carboxylic acids is 1. The Morgan fingerprint density at radius 3 is 2.07 bits per heavy atom. The lowest BCUT2D eigenvalue weighted by molar-refractivity contribution is -0.147. The topological polar surface area (TPSA) is 57.6 Å². The van der Waals surface area contributed by atoms with Crippen molar-refractivity contribution in [2.24, 2.45) is 5.92 Å². The molecule has 1 N–H and O–H groups in total. The molecule has 0 rings (SSSR count). The summed E-state index contributed by atoms with van der Waals surface area (Å²) in [5.74, 6) is -1.14. The van der Waals surface area contributed by atoms with Crippen LogP contribution in [0.4, 0.5) is 0 Å². The van der Waals surface area contributed by atoms with Crippen LogP contribution in [0.15, 0.2) is 0 Å². The van der Waals surface area contributed by atoms with Gasteiger partial charge in [0.05, 0.1) is 0 Å². The van der Waals surface area contributed by atoms with Crippen LogP contribution in [-0.4, -0.2) is 34.5 Å². The van der Waals surface area contributed by atoms with Crippen LogP contribution < -0.4 is 0 Å². The third-order valence-electron chi connectivity index (χ3n) is 2.25. The van der Waals surface area contributed by atoms with Crippen molar-refractivity contribution in [1.29, 1.82) is 0 Å². The van der Waals surface area contributed by atoms with Gasteiger partial charge in [-0.05, 0) is 20.3 Å². The van der Waals surface area contributed by atoms with Gasteiger partial charge in [-0.3, -0.25) is 9.59 Å². The number of hydrogen-bond acceptors (Lipinski definition) is 2. The van der Waals surface area contributed by atoms with E-state index in [9.17, 15) is 9.59 Å². The Kier molecular flexibility index (Phi) is 5.20. The van der Waals surface area contributed by atoms with Gasteiger partial charge < -0.3 is 10.0 Å². The average molecular weight is 201 g/mol. The molecule has 1 atom stereocenters. The van der Waals surface area contributed by atoms with Gasteiger partial charge in [-0.2, -0.15) is 0 Å². The standard InChI is InChI=1S/C10H19NO3/c1-5-8(4)10(14)11(7(2)3)6-9(12)13/h7-8H,5-6H2,1-4H3,(H,12,13). The summed E-state index contributed by atoms with van der Waals surface area (Å²) in [6.07, 6.45) is 0.738. The highest BCUT2D eigenvalue weighted by Crippen LogP contribution is 2.09. The van der Waals surface area contributed by atoms with Gasteiger partial charge in [0.2, 0.25) is 5.91 Å². The van der Waals surface area contributed by atoms with Gasteiger partial charge in [0.25, 0.3) is 0 Å². The summed E-state index contributed by atoms with van der Waals surface area (Å²) in [5, 5.41) is 8.64. The van der Waals surface area contributed by atoms with Crippen molar-refractivity contribution >= 4 is 11.9 Å². The van der Waals surface area contributed by atoms with Gasteiger partial charge in [-0.25, -0.2) is 0 Å². The van der Waals surface area contributed by atoms with Gasteiger partial charge >= 0.3 is 5.97 Å². The molecule has 0 heterocycles. The SMILES string of the molecule is CCC(C)C(=O)N(CC(=O)O)C(C)C. The molecule has 0 radical (unpaired) electrons. The molecule has 1 amide bonds. The third-order valence-corrected chi connectivity index (χ3v) is 2.25. The highest BCUT2D eigenvalue weighted by Gasteiger charge is 2.23. The maximum atomic E-state index is 11.7. The Balaban J connectivity index is 4.49. The zero-order chi connectivity index (χ0) is 11.3. The number of carboxylic acid groups (broad SMARTS) is 1. The van der Waals surface area contributed by atoms with Crippen LogP contribution in [0, 0.1) is 5.92 Å². The summed E-state index contributed by atoms with van der Waals surface area (Å²) < 4.78 is 0. The molecule has 0 aromatic heterocycles. The smallest absolute Gasteiger partial charge is 0.323 e. The molecular weight excluding hydrogens is 182 g/mol. The van der Waals surface area contributed by atoms with Crippen LogP contribution >= 0.6 is 0 Å². The van der Waals surface area contributed by atoms with Crippen molar-refractivity contribution < 1.29 is 14.7 Å². The molecule has 0 spiro atoms. The van der Waals surface area contributed by atoms with Gasteiger partial charge in [-0.15, -0.1) is 0 Å². The first-order valence-corrected chi connectivity index (χ1v) is 4.92. The molecule has 1 unspecified atom stereocenters. The fraction of sp³-hybridized carbons (Fsp3) is 0.800. The molecule has 4 heteroatoms. The van der Waals surface area contributed by atoms with Crippen LogP contribution in [0.25, 0.3) is 0 Å². The van der Waals surface area contributed by atoms with Gasteiger partial charge in [0, 0.05) is 12.0 Å². The van der Waals surface area contributed by atoms with E-state index in [4.69, 9.17) is 5.11 Å².